The molecule has 176 valence electrons. The van der Waals surface area contributed by atoms with E-state index in [1.807, 2.05) is 11.8 Å². The maximum atomic E-state index is 11.4. The number of aromatic nitrogens is 1. The third-order valence-corrected chi connectivity index (χ3v) is 8.58. The molecule has 1 N–H and O–H groups in total. The lowest BCUT2D eigenvalue weighted by molar-refractivity contribution is -0.113. The highest BCUT2D eigenvalue weighted by atomic mass is 32.2. The van der Waals surface area contributed by atoms with Crippen molar-refractivity contribution in [3.63, 3.8) is 0 Å². The van der Waals surface area contributed by atoms with Gasteiger partial charge in [-0.1, -0.05) is 12.8 Å². The minimum atomic E-state index is 0.299. The Morgan fingerprint density at radius 2 is 2.06 bits per heavy atom. The molecule has 2 heterocycles. The smallest absolute Gasteiger partial charge is 0.123 e. The molecule has 32 heavy (non-hydrogen) atoms. The lowest BCUT2D eigenvalue weighted by atomic mass is 9.80. The van der Waals surface area contributed by atoms with Crippen LogP contribution in [0.1, 0.15) is 56.9 Å². The number of likely N-dealkylation sites (tertiary alicyclic amines) is 1. The van der Waals surface area contributed by atoms with Crippen LogP contribution in [0.5, 0.6) is 0 Å². The van der Waals surface area contributed by atoms with Crippen LogP contribution in [0.25, 0.3) is 10.9 Å². The number of nitrogens with zero attached hydrogens (tertiary/aromatic N) is 2. The van der Waals surface area contributed by atoms with Crippen molar-refractivity contribution in [2.24, 2.45) is 11.8 Å². The molecule has 1 aliphatic heterocycles. The van der Waals surface area contributed by atoms with E-state index in [1.165, 1.54) is 85.7 Å². The Labute approximate surface area is 198 Å². The molecule has 2 aliphatic rings. The Morgan fingerprint density at radius 3 is 2.91 bits per heavy atom. The van der Waals surface area contributed by atoms with Crippen molar-refractivity contribution in [1.82, 2.24) is 14.8 Å². The summed E-state index contributed by atoms with van der Waals surface area (Å²) in [7, 11) is 2.25. The lowest BCUT2D eigenvalue weighted by Crippen LogP contribution is -2.34. The molecule has 2 fully saturated rings. The molecule has 3 unspecified atom stereocenters. The molecular formula is C27H41N3OS. The van der Waals surface area contributed by atoms with Gasteiger partial charge in [0.1, 0.15) is 6.29 Å². The van der Waals surface area contributed by atoms with Gasteiger partial charge in [0.05, 0.1) is 0 Å². The van der Waals surface area contributed by atoms with Crippen LogP contribution in [0.4, 0.5) is 0 Å². The topological polar surface area (TPSA) is 39.3 Å². The Balaban J connectivity index is 1.22. The molecule has 1 aromatic heterocycles. The van der Waals surface area contributed by atoms with Crippen LogP contribution in [0.2, 0.25) is 0 Å². The van der Waals surface area contributed by atoms with Crippen molar-refractivity contribution >= 4 is 29.0 Å². The van der Waals surface area contributed by atoms with E-state index in [4.69, 9.17) is 0 Å². The van der Waals surface area contributed by atoms with E-state index in [9.17, 15) is 4.79 Å². The fraction of sp³-hybridized carbons (Fsp3) is 0.667. The van der Waals surface area contributed by atoms with Gasteiger partial charge in [0, 0.05) is 40.5 Å². The lowest BCUT2D eigenvalue weighted by Gasteiger charge is -2.31. The second-order valence-electron chi connectivity index (χ2n) is 10.1. The largest absolute Gasteiger partial charge is 0.361 e. The van der Waals surface area contributed by atoms with Crippen LogP contribution in [0.15, 0.2) is 29.3 Å². The molecule has 4 rings (SSSR count). The molecular weight excluding hydrogens is 414 g/mol. The fourth-order valence-corrected chi connectivity index (χ4v) is 6.40. The van der Waals surface area contributed by atoms with E-state index < -0.39 is 0 Å². The average molecular weight is 456 g/mol. The van der Waals surface area contributed by atoms with Crippen molar-refractivity contribution in [2.45, 2.75) is 68.7 Å². The van der Waals surface area contributed by atoms with Crippen LogP contribution in [0.3, 0.4) is 0 Å². The molecule has 0 bridgehead atoms. The number of benzene rings is 1. The number of aromatic amines is 1. The van der Waals surface area contributed by atoms with Gasteiger partial charge in [0.2, 0.25) is 0 Å². The van der Waals surface area contributed by atoms with Gasteiger partial charge in [-0.3, -0.25) is 0 Å². The van der Waals surface area contributed by atoms with E-state index in [1.54, 1.807) is 0 Å². The molecule has 0 amide bonds. The zero-order valence-electron chi connectivity index (χ0n) is 20.0. The summed E-state index contributed by atoms with van der Waals surface area (Å²) in [5, 5.41) is 1.40. The van der Waals surface area contributed by atoms with Gasteiger partial charge >= 0.3 is 0 Å². The highest BCUT2D eigenvalue weighted by molar-refractivity contribution is 7.98. The van der Waals surface area contributed by atoms with Gasteiger partial charge in [-0.2, -0.15) is 0 Å². The third kappa shape index (κ3) is 5.98. The number of thioether (sulfide) groups is 1. The summed E-state index contributed by atoms with van der Waals surface area (Å²) in [6, 6.07) is 7.46. The summed E-state index contributed by atoms with van der Waals surface area (Å²) in [6.07, 6.45) is 16.8. The van der Waals surface area contributed by atoms with Crippen molar-refractivity contribution in [1.29, 1.82) is 0 Å². The summed E-state index contributed by atoms with van der Waals surface area (Å²) in [4.78, 5) is 21.4. The second-order valence-corrected chi connectivity index (χ2v) is 11.0. The normalized spacial score (nSPS) is 24.5. The van der Waals surface area contributed by atoms with Gasteiger partial charge in [-0.15, -0.1) is 11.8 Å². The standard InChI is InChI=1S/C27H41N3OS/c1-29(19-21-8-3-4-9-22(21)20-31)13-5-6-14-30-15-7-10-24(30)16-23-18-28-27-12-11-25(32-2)17-26(23)27/h11-12,17-18,20-22,24,28H,3-10,13-16,19H2,1-2H3. The van der Waals surface area contributed by atoms with Crippen molar-refractivity contribution in [3.8, 4) is 0 Å². The first kappa shape index (κ1) is 23.8. The number of hydrogen-bond acceptors (Lipinski definition) is 4. The number of aldehydes is 1. The minimum Gasteiger partial charge on any atom is -0.361 e. The Kier molecular flexibility index (Phi) is 8.73. The van der Waals surface area contributed by atoms with Gasteiger partial charge in [-0.05, 0) is 108 Å². The van der Waals surface area contributed by atoms with Crippen LogP contribution < -0.4 is 0 Å². The predicted molar refractivity (Wildman–Crippen MR) is 137 cm³/mol. The number of carbonyl (C=O) groups excluding carboxylic acids is 1. The second kappa shape index (κ2) is 11.7. The van der Waals surface area contributed by atoms with E-state index in [0.29, 0.717) is 17.9 Å². The summed E-state index contributed by atoms with van der Waals surface area (Å²) < 4.78 is 0. The molecule has 5 heteroatoms. The SMILES string of the molecule is CSc1ccc2[nH]cc(CC3CCCN3CCCCN(C)CC3CCCCC3C=O)c2c1. The van der Waals surface area contributed by atoms with E-state index in [0.717, 1.165) is 25.9 Å². The molecule has 1 aromatic carbocycles. The Bertz CT molecular complexity index is 866. The first-order valence-corrected chi connectivity index (χ1v) is 13.9. The van der Waals surface area contributed by atoms with Crippen molar-refractivity contribution in [3.05, 3.63) is 30.0 Å². The van der Waals surface area contributed by atoms with Gasteiger partial charge in [0.15, 0.2) is 0 Å². The highest BCUT2D eigenvalue weighted by Crippen LogP contribution is 2.30. The number of nitrogens with one attached hydrogen (secondary N) is 1. The molecule has 3 atom stereocenters. The van der Waals surface area contributed by atoms with Crippen LogP contribution in [-0.4, -0.2) is 66.6 Å². The number of carbonyl (C=O) groups is 1. The number of fused-ring (bicyclic) bond motifs is 1. The quantitative estimate of drug-likeness (QED) is 0.271. The number of H-pyrrole nitrogens is 1. The first-order chi connectivity index (χ1) is 15.7. The minimum absolute atomic E-state index is 0.299. The summed E-state index contributed by atoms with van der Waals surface area (Å²) >= 11 is 1.82. The van der Waals surface area contributed by atoms with Gasteiger partial charge < -0.3 is 19.6 Å². The zero-order chi connectivity index (χ0) is 22.3. The molecule has 0 radical (unpaired) electrons. The highest BCUT2D eigenvalue weighted by Gasteiger charge is 2.26. The average Bonchev–Trinajstić information content (AvgIpc) is 3.43. The first-order valence-electron chi connectivity index (χ1n) is 12.7. The van der Waals surface area contributed by atoms with Crippen LogP contribution >= 0.6 is 11.8 Å². The molecule has 1 saturated carbocycles. The Hall–Kier alpha value is -1.30. The third-order valence-electron chi connectivity index (χ3n) is 7.85. The summed E-state index contributed by atoms with van der Waals surface area (Å²) in [5.41, 5.74) is 2.74. The van der Waals surface area contributed by atoms with Crippen LogP contribution in [-0.2, 0) is 11.2 Å². The molecule has 1 saturated heterocycles. The maximum absolute atomic E-state index is 11.4. The number of rotatable bonds is 11. The zero-order valence-corrected chi connectivity index (χ0v) is 20.8. The van der Waals surface area contributed by atoms with Crippen molar-refractivity contribution in [2.75, 3.05) is 39.5 Å². The monoisotopic (exact) mass is 455 g/mol. The number of unbranched alkanes of at least 4 members (excludes halogenated alkanes) is 1. The molecule has 1 aliphatic carbocycles. The maximum Gasteiger partial charge on any atom is 0.123 e. The number of hydrogen-bond donors (Lipinski definition) is 1. The summed E-state index contributed by atoms with van der Waals surface area (Å²) in [6.45, 7) is 4.72. The van der Waals surface area contributed by atoms with Crippen molar-refractivity contribution < 1.29 is 4.79 Å². The fourth-order valence-electron chi connectivity index (χ4n) is 5.96. The molecule has 4 nitrogen and oxygen atoms in total. The molecule has 2 aromatic rings. The molecule has 0 spiro atoms. The summed E-state index contributed by atoms with van der Waals surface area (Å²) in [5.74, 6) is 0.880. The van der Waals surface area contributed by atoms with Gasteiger partial charge in [0.25, 0.3) is 0 Å². The van der Waals surface area contributed by atoms with Crippen LogP contribution in [0, 0.1) is 11.8 Å². The van der Waals surface area contributed by atoms with E-state index >= 15 is 0 Å². The Morgan fingerprint density at radius 1 is 1.19 bits per heavy atom. The van der Waals surface area contributed by atoms with E-state index in [2.05, 4.69) is 52.5 Å². The van der Waals surface area contributed by atoms with E-state index in [-0.39, 0.29) is 0 Å². The predicted octanol–water partition coefficient (Wildman–Crippen LogP) is 5.61. The van der Waals surface area contributed by atoms with Gasteiger partial charge in [-0.25, -0.2) is 0 Å².